The van der Waals surface area contributed by atoms with Gasteiger partial charge in [0.1, 0.15) is 0 Å². The lowest BCUT2D eigenvalue weighted by Crippen LogP contribution is -2.15. The van der Waals surface area contributed by atoms with Gasteiger partial charge in [-0.3, -0.25) is 4.79 Å². The minimum atomic E-state index is -0.186. The zero-order valence-electron chi connectivity index (χ0n) is 41.2. The molecule has 1 aliphatic rings. The third kappa shape index (κ3) is 10.3. The van der Waals surface area contributed by atoms with Crippen LogP contribution >= 0.6 is 0 Å². The summed E-state index contributed by atoms with van der Waals surface area (Å²) in [6.45, 7) is 11.8. The van der Waals surface area contributed by atoms with Gasteiger partial charge in [-0.1, -0.05) is 177 Å². The summed E-state index contributed by atoms with van der Waals surface area (Å²) in [6.07, 6.45) is 17.8. The van der Waals surface area contributed by atoms with Crippen molar-refractivity contribution in [3.05, 3.63) is 282 Å². The molecule has 1 aliphatic carbocycles. The highest BCUT2D eigenvalue weighted by Crippen LogP contribution is 2.37. The van der Waals surface area contributed by atoms with Crippen LogP contribution in [0.2, 0.25) is 0 Å². The Balaban J connectivity index is 0.896. The van der Waals surface area contributed by atoms with Crippen molar-refractivity contribution in [1.29, 1.82) is 0 Å². The van der Waals surface area contributed by atoms with Crippen LogP contribution in [0.1, 0.15) is 46.9 Å². The number of rotatable bonds is 16. The number of nitrogens with zero attached hydrogens (tertiary/aromatic N) is 2. The molecule has 0 atom stereocenters. The van der Waals surface area contributed by atoms with E-state index in [0.29, 0.717) is 5.57 Å². The second-order valence-corrected chi connectivity index (χ2v) is 18.7. The Kier molecular flexibility index (Phi) is 14.0. The molecule has 1 N–H and O–H groups in total. The third-order valence-corrected chi connectivity index (χ3v) is 13.8. The Morgan fingerprint density at radius 2 is 1.24 bits per heavy atom. The highest BCUT2D eigenvalue weighted by molar-refractivity contribution is 6.03. The average molecular weight is 934 g/mol. The van der Waals surface area contributed by atoms with Gasteiger partial charge in [-0.05, 0) is 168 Å². The molecule has 72 heavy (non-hydrogen) atoms. The summed E-state index contributed by atoms with van der Waals surface area (Å²) in [4.78, 5) is 14.5. The molecule has 10 rings (SSSR count). The highest BCUT2D eigenvalue weighted by Gasteiger charge is 2.19. The number of aryl methyl sites for hydroxylation is 3. The van der Waals surface area contributed by atoms with Gasteiger partial charge in [0.2, 0.25) is 0 Å². The van der Waals surface area contributed by atoms with E-state index in [1.165, 1.54) is 61.2 Å². The predicted octanol–water partition coefficient (Wildman–Crippen LogP) is 17.2. The maximum Gasteiger partial charge on any atom is 0.250 e. The SMILES string of the molecule is C=C/C=C(\C=C/Cc1ccc(CCc2ccccc2-c2ccccc2C)cc1)N(c1ccc(-c2ccc(NC(=O)C(=C)C)cc2)cc1)c1ccc(-c2ccc(-n3c4c(c5ccccc53)C=CCC4)cc2)cc1. The van der Waals surface area contributed by atoms with Gasteiger partial charge in [0.15, 0.2) is 0 Å². The first kappa shape index (κ1) is 47.0. The van der Waals surface area contributed by atoms with Crippen LogP contribution in [0.15, 0.2) is 249 Å². The number of allylic oxidation sites excluding steroid dienone is 5. The fraction of sp³-hybridized carbons (Fsp3) is 0.103. The number of amides is 1. The first-order chi connectivity index (χ1) is 35.3. The molecular formula is C68H59N3O. The Bertz CT molecular complexity index is 3490. The molecule has 8 aromatic carbocycles. The van der Waals surface area contributed by atoms with Crippen LogP contribution in [0.5, 0.6) is 0 Å². The minimum absolute atomic E-state index is 0.186. The second-order valence-electron chi connectivity index (χ2n) is 18.7. The van der Waals surface area contributed by atoms with Gasteiger partial charge < -0.3 is 14.8 Å². The van der Waals surface area contributed by atoms with E-state index < -0.39 is 0 Å². The van der Waals surface area contributed by atoms with Gasteiger partial charge in [0, 0.05) is 50.7 Å². The summed E-state index contributed by atoms with van der Waals surface area (Å²) in [5, 5.41) is 4.21. The largest absolute Gasteiger partial charge is 0.322 e. The molecule has 352 valence electrons. The number of hydrogen-bond donors (Lipinski definition) is 1. The van der Waals surface area contributed by atoms with Crippen LogP contribution in [0.3, 0.4) is 0 Å². The van der Waals surface area contributed by atoms with Crippen molar-refractivity contribution in [1.82, 2.24) is 4.57 Å². The Morgan fingerprint density at radius 1 is 0.653 bits per heavy atom. The van der Waals surface area contributed by atoms with Crippen LogP contribution in [0, 0.1) is 6.92 Å². The number of aromatic nitrogens is 1. The number of benzene rings is 8. The van der Waals surface area contributed by atoms with Gasteiger partial charge in [-0.15, -0.1) is 0 Å². The fourth-order valence-corrected chi connectivity index (χ4v) is 9.94. The van der Waals surface area contributed by atoms with Gasteiger partial charge in [-0.25, -0.2) is 0 Å². The quantitative estimate of drug-likeness (QED) is 0.0774. The molecule has 4 nitrogen and oxygen atoms in total. The van der Waals surface area contributed by atoms with Crippen molar-refractivity contribution in [2.75, 3.05) is 10.2 Å². The van der Waals surface area contributed by atoms with E-state index in [1.54, 1.807) is 6.92 Å². The molecule has 0 fully saturated rings. The normalized spacial score (nSPS) is 12.2. The molecule has 0 aliphatic heterocycles. The third-order valence-electron chi connectivity index (χ3n) is 13.8. The first-order valence-corrected chi connectivity index (χ1v) is 25.0. The second kappa shape index (κ2) is 21.5. The van der Waals surface area contributed by atoms with Gasteiger partial charge in [0.05, 0.1) is 5.52 Å². The van der Waals surface area contributed by atoms with Crippen molar-refractivity contribution < 1.29 is 4.79 Å². The Labute approximate surface area is 425 Å². The lowest BCUT2D eigenvalue weighted by molar-refractivity contribution is -0.112. The molecule has 1 amide bonds. The number of carbonyl (C=O) groups is 1. The molecule has 9 aromatic rings. The maximum atomic E-state index is 12.2. The van der Waals surface area contributed by atoms with Crippen LogP contribution in [0.4, 0.5) is 17.1 Å². The Hall–Kier alpha value is -8.73. The van der Waals surface area contributed by atoms with Crippen molar-refractivity contribution in [2.24, 2.45) is 0 Å². The minimum Gasteiger partial charge on any atom is -0.322 e. The van der Waals surface area contributed by atoms with Crippen molar-refractivity contribution in [3.8, 4) is 39.1 Å². The number of para-hydroxylation sites is 1. The zero-order valence-corrected chi connectivity index (χ0v) is 41.2. The van der Waals surface area contributed by atoms with Gasteiger partial charge in [-0.2, -0.15) is 0 Å². The average Bonchev–Trinajstić information content (AvgIpc) is 3.76. The summed E-state index contributed by atoms with van der Waals surface area (Å²) >= 11 is 0. The van der Waals surface area contributed by atoms with Gasteiger partial charge >= 0.3 is 0 Å². The maximum absolute atomic E-state index is 12.2. The monoisotopic (exact) mass is 933 g/mol. The van der Waals surface area contributed by atoms with E-state index in [9.17, 15) is 4.79 Å². The van der Waals surface area contributed by atoms with Crippen molar-refractivity contribution in [3.63, 3.8) is 0 Å². The zero-order chi connectivity index (χ0) is 49.4. The first-order valence-electron chi connectivity index (χ1n) is 25.0. The highest BCUT2D eigenvalue weighted by atomic mass is 16.1. The standard InChI is InChI=1S/C68H59N3O/c1-5-15-58(19-14-17-50-26-28-51(29-27-50)30-31-56-18-7-9-21-63(56)62-20-8-6-16-49(62)4)70(59-42-34-53(35-43-59)52-32-40-57(41-33-52)69-68(72)48(2)3)60-44-36-54(37-45-60)55-38-46-61(47-39-55)71-66-24-12-10-22-64(66)65-23-11-13-25-67(65)71/h5-12,14-16,18-24,26-29,32-47H,1-2,13,17,25,30-31H2,3-4H3,(H,69,72)/b19-14-,58-15+. The molecular weight excluding hydrogens is 875 g/mol. The molecule has 4 heteroatoms. The van der Waals surface area contributed by atoms with Crippen molar-refractivity contribution >= 4 is 39.9 Å². The van der Waals surface area contributed by atoms with E-state index in [-0.39, 0.29) is 5.91 Å². The number of nitrogens with one attached hydrogen (secondary N) is 1. The van der Waals surface area contributed by atoms with E-state index in [2.05, 4.69) is 235 Å². The predicted molar refractivity (Wildman–Crippen MR) is 305 cm³/mol. The summed E-state index contributed by atoms with van der Waals surface area (Å²) in [6, 6.07) is 69.7. The number of anilines is 3. The summed E-state index contributed by atoms with van der Waals surface area (Å²) in [5.41, 5.74) is 21.7. The number of fused-ring (bicyclic) bond motifs is 3. The van der Waals surface area contributed by atoms with E-state index >= 15 is 0 Å². The summed E-state index contributed by atoms with van der Waals surface area (Å²) < 4.78 is 2.44. The molecule has 0 saturated heterocycles. The molecule has 0 bridgehead atoms. The van der Waals surface area contributed by atoms with Crippen LogP contribution in [-0.4, -0.2) is 10.5 Å². The van der Waals surface area contributed by atoms with Crippen LogP contribution in [0.25, 0.3) is 56.0 Å². The molecule has 0 unspecified atom stereocenters. The van der Waals surface area contributed by atoms with Crippen molar-refractivity contribution in [2.45, 2.75) is 46.0 Å². The van der Waals surface area contributed by atoms with E-state index in [0.717, 1.165) is 77.1 Å². The number of hydrogen-bond acceptors (Lipinski definition) is 2. The molecule has 1 heterocycles. The number of carbonyl (C=O) groups excluding carboxylic acids is 1. The molecule has 0 spiro atoms. The fourth-order valence-electron chi connectivity index (χ4n) is 9.94. The Morgan fingerprint density at radius 3 is 1.89 bits per heavy atom. The van der Waals surface area contributed by atoms with Crippen LogP contribution in [-0.2, 0) is 30.5 Å². The van der Waals surface area contributed by atoms with E-state index in [4.69, 9.17) is 0 Å². The smallest absolute Gasteiger partial charge is 0.250 e. The molecule has 0 radical (unpaired) electrons. The summed E-state index contributed by atoms with van der Waals surface area (Å²) in [5.74, 6) is -0.186. The lowest BCUT2D eigenvalue weighted by Gasteiger charge is -2.27. The molecule has 0 saturated carbocycles. The van der Waals surface area contributed by atoms with Gasteiger partial charge in [0.25, 0.3) is 5.91 Å². The van der Waals surface area contributed by atoms with E-state index in [1.807, 2.05) is 30.3 Å². The summed E-state index contributed by atoms with van der Waals surface area (Å²) in [7, 11) is 0. The topological polar surface area (TPSA) is 37.3 Å². The van der Waals surface area contributed by atoms with Crippen LogP contribution < -0.4 is 10.2 Å². The molecule has 1 aromatic heterocycles. The lowest BCUT2D eigenvalue weighted by atomic mass is 9.92.